The van der Waals surface area contributed by atoms with E-state index in [4.69, 9.17) is 4.74 Å². The van der Waals surface area contributed by atoms with E-state index in [9.17, 15) is 5.11 Å². The van der Waals surface area contributed by atoms with Crippen LogP contribution in [0.4, 0.5) is 0 Å². The first-order valence-electron chi connectivity index (χ1n) is 12.1. The first kappa shape index (κ1) is 24.5. The molecule has 0 bridgehead atoms. The SMILES string of the molecule is CCC(C#CCCCC1(C2(O)c3ccccc3Oc3ccccc32)SCCCS1)NC(C)C. The molecule has 176 valence electrons. The topological polar surface area (TPSA) is 41.5 Å². The maximum atomic E-state index is 12.7. The van der Waals surface area contributed by atoms with Gasteiger partial charge in [0.1, 0.15) is 17.1 Å². The smallest absolute Gasteiger partial charge is 0.145 e. The van der Waals surface area contributed by atoms with Crippen LogP contribution in [0.15, 0.2) is 48.5 Å². The van der Waals surface area contributed by atoms with Gasteiger partial charge in [-0.15, -0.1) is 29.4 Å². The van der Waals surface area contributed by atoms with Gasteiger partial charge in [0.2, 0.25) is 0 Å². The summed E-state index contributed by atoms with van der Waals surface area (Å²) in [5.41, 5.74) is 0.639. The molecule has 0 aliphatic carbocycles. The number of nitrogens with one attached hydrogen (secondary N) is 1. The summed E-state index contributed by atoms with van der Waals surface area (Å²) in [5.74, 6) is 10.5. The normalized spacial score (nSPS) is 18.9. The number of ether oxygens (including phenoxy) is 1. The zero-order valence-corrected chi connectivity index (χ0v) is 21.5. The van der Waals surface area contributed by atoms with E-state index in [1.54, 1.807) is 0 Å². The highest BCUT2D eigenvalue weighted by Gasteiger charge is 2.57. The van der Waals surface area contributed by atoms with E-state index in [0.29, 0.717) is 6.04 Å². The lowest BCUT2D eigenvalue weighted by atomic mass is 9.78. The van der Waals surface area contributed by atoms with Gasteiger partial charge in [-0.05, 0) is 63.2 Å². The van der Waals surface area contributed by atoms with Gasteiger partial charge in [-0.25, -0.2) is 0 Å². The summed E-state index contributed by atoms with van der Waals surface area (Å²) >= 11 is 3.83. The van der Waals surface area contributed by atoms with Crippen molar-refractivity contribution >= 4 is 23.5 Å². The highest BCUT2D eigenvalue weighted by atomic mass is 32.2. The molecule has 5 heteroatoms. The predicted molar refractivity (Wildman–Crippen MR) is 142 cm³/mol. The molecule has 2 aliphatic rings. The van der Waals surface area contributed by atoms with E-state index in [1.807, 2.05) is 72.1 Å². The van der Waals surface area contributed by atoms with Gasteiger partial charge in [0.05, 0.1) is 10.1 Å². The van der Waals surface area contributed by atoms with Crippen LogP contribution in [0.5, 0.6) is 11.5 Å². The zero-order valence-electron chi connectivity index (χ0n) is 19.9. The molecule has 2 aromatic rings. The molecule has 0 saturated carbocycles. The number of benzene rings is 2. The predicted octanol–water partition coefficient (Wildman–Crippen LogP) is 6.54. The molecule has 2 aromatic carbocycles. The maximum Gasteiger partial charge on any atom is 0.145 e. The molecule has 0 radical (unpaired) electrons. The Morgan fingerprint density at radius 3 is 2.21 bits per heavy atom. The van der Waals surface area contributed by atoms with Crippen molar-refractivity contribution in [3.63, 3.8) is 0 Å². The summed E-state index contributed by atoms with van der Waals surface area (Å²) in [7, 11) is 0. The third-order valence-electron chi connectivity index (χ3n) is 6.31. The summed E-state index contributed by atoms with van der Waals surface area (Å²) in [5, 5.41) is 16.2. The Hall–Kier alpha value is -1.58. The Morgan fingerprint density at radius 2 is 1.64 bits per heavy atom. The van der Waals surface area contributed by atoms with E-state index < -0.39 is 5.60 Å². The lowest BCUT2D eigenvalue weighted by molar-refractivity contribution is 0.0531. The highest BCUT2D eigenvalue weighted by molar-refractivity contribution is 8.18. The van der Waals surface area contributed by atoms with Crippen molar-refractivity contribution in [2.24, 2.45) is 0 Å². The Kier molecular flexibility index (Phi) is 8.02. The Balaban J connectivity index is 1.63. The molecule has 4 rings (SSSR count). The molecule has 1 saturated heterocycles. The van der Waals surface area contributed by atoms with Crippen molar-refractivity contribution in [1.82, 2.24) is 5.32 Å². The van der Waals surface area contributed by atoms with Crippen molar-refractivity contribution in [2.75, 3.05) is 11.5 Å². The van der Waals surface area contributed by atoms with Crippen LogP contribution < -0.4 is 10.1 Å². The number of thioether (sulfide) groups is 2. The third kappa shape index (κ3) is 4.95. The van der Waals surface area contributed by atoms with Gasteiger partial charge < -0.3 is 15.2 Å². The molecule has 0 spiro atoms. The fourth-order valence-electron chi connectivity index (χ4n) is 4.76. The molecule has 2 N–H and O–H groups in total. The second-order valence-corrected chi connectivity index (χ2v) is 12.1. The monoisotopic (exact) mass is 481 g/mol. The van der Waals surface area contributed by atoms with E-state index in [2.05, 4.69) is 37.9 Å². The van der Waals surface area contributed by atoms with Crippen LogP contribution in [0.3, 0.4) is 0 Å². The van der Waals surface area contributed by atoms with Gasteiger partial charge in [0.15, 0.2) is 0 Å². The number of fused-ring (bicyclic) bond motifs is 2. The fourth-order valence-corrected chi connectivity index (χ4v) is 8.45. The van der Waals surface area contributed by atoms with Crippen LogP contribution >= 0.6 is 23.5 Å². The van der Waals surface area contributed by atoms with E-state index in [0.717, 1.165) is 59.8 Å². The van der Waals surface area contributed by atoms with Crippen LogP contribution in [0.25, 0.3) is 0 Å². The molecule has 2 aliphatic heterocycles. The largest absolute Gasteiger partial charge is 0.457 e. The zero-order chi connectivity index (χ0) is 23.3. The van der Waals surface area contributed by atoms with Crippen molar-refractivity contribution in [3.8, 4) is 23.3 Å². The summed E-state index contributed by atoms with van der Waals surface area (Å²) in [6.45, 7) is 6.50. The molecule has 0 aromatic heterocycles. The minimum Gasteiger partial charge on any atom is -0.457 e. The number of hydrogen-bond donors (Lipinski definition) is 2. The first-order chi connectivity index (χ1) is 16.0. The van der Waals surface area contributed by atoms with Gasteiger partial charge in [0.25, 0.3) is 0 Å². The molecule has 1 atom stereocenters. The molecule has 0 amide bonds. The summed E-state index contributed by atoms with van der Waals surface area (Å²) in [6, 6.07) is 16.7. The van der Waals surface area contributed by atoms with Crippen LogP contribution in [-0.4, -0.2) is 32.8 Å². The van der Waals surface area contributed by atoms with Crippen LogP contribution in [0.1, 0.15) is 64.0 Å². The van der Waals surface area contributed by atoms with Gasteiger partial charge in [-0.3, -0.25) is 0 Å². The summed E-state index contributed by atoms with van der Waals surface area (Å²) in [6.07, 6.45) is 4.87. The van der Waals surface area contributed by atoms with Crippen molar-refractivity contribution < 1.29 is 9.84 Å². The first-order valence-corrected chi connectivity index (χ1v) is 14.1. The summed E-state index contributed by atoms with van der Waals surface area (Å²) < 4.78 is 5.84. The van der Waals surface area contributed by atoms with Crippen molar-refractivity contribution in [3.05, 3.63) is 59.7 Å². The van der Waals surface area contributed by atoms with Crippen LogP contribution in [0.2, 0.25) is 0 Å². The molecule has 1 fully saturated rings. The molecular formula is C28H35NO2S2. The third-order valence-corrected chi connectivity index (χ3v) is 9.94. The molecule has 1 unspecified atom stereocenters. The standard InChI is InChI=1S/C28H35NO2S2/c1-4-22(29-21(2)3)13-6-5-11-18-27(32-19-12-20-33-27)28(30)23-14-7-9-16-25(23)31-26-17-10-8-15-24(26)28/h7-10,14-17,21-22,29-30H,4-5,11-12,18-20H2,1-3H3. The average Bonchev–Trinajstić information content (AvgIpc) is 2.83. The number of para-hydroxylation sites is 2. The lowest BCUT2D eigenvalue weighted by Crippen LogP contribution is -2.51. The highest BCUT2D eigenvalue weighted by Crippen LogP contribution is 2.63. The number of aliphatic hydroxyl groups is 1. The Labute approximate surface area is 207 Å². The second-order valence-electron chi connectivity index (χ2n) is 9.07. The number of rotatable bonds is 7. The van der Waals surface area contributed by atoms with Gasteiger partial charge in [-0.2, -0.15) is 0 Å². The maximum absolute atomic E-state index is 12.7. The Bertz CT molecular complexity index is 959. The van der Waals surface area contributed by atoms with E-state index in [-0.39, 0.29) is 10.1 Å². The lowest BCUT2D eigenvalue weighted by Gasteiger charge is -2.51. The molecule has 3 nitrogen and oxygen atoms in total. The van der Waals surface area contributed by atoms with Crippen molar-refractivity contribution in [1.29, 1.82) is 0 Å². The van der Waals surface area contributed by atoms with Crippen LogP contribution in [0, 0.1) is 11.8 Å². The molecule has 2 heterocycles. The Morgan fingerprint density at radius 1 is 1.03 bits per heavy atom. The quantitative estimate of drug-likeness (QED) is 0.347. The van der Waals surface area contributed by atoms with Gasteiger partial charge >= 0.3 is 0 Å². The van der Waals surface area contributed by atoms with E-state index in [1.165, 1.54) is 6.42 Å². The van der Waals surface area contributed by atoms with Gasteiger partial charge in [-0.1, -0.05) is 49.2 Å². The van der Waals surface area contributed by atoms with Crippen LogP contribution in [-0.2, 0) is 5.60 Å². The molecule has 33 heavy (non-hydrogen) atoms. The summed E-state index contributed by atoms with van der Waals surface area (Å²) in [4.78, 5) is 0. The minimum atomic E-state index is -1.12. The molecular weight excluding hydrogens is 446 g/mol. The number of unbranched alkanes of at least 4 members (excludes halogenated alkanes) is 1. The van der Waals surface area contributed by atoms with Crippen molar-refractivity contribution in [2.45, 2.75) is 74.6 Å². The van der Waals surface area contributed by atoms with Gasteiger partial charge in [0, 0.05) is 23.6 Å². The van der Waals surface area contributed by atoms with E-state index >= 15 is 0 Å². The number of hydrogen-bond acceptors (Lipinski definition) is 5. The fraction of sp³-hybridized carbons (Fsp3) is 0.500. The second kappa shape index (κ2) is 10.8. The minimum absolute atomic E-state index is 0.246. The average molecular weight is 482 g/mol.